The van der Waals surface area contributed by atoms with E-state index in [1.807, 2.05) is 41.8 Å². The second-order valence-corrected chi connectivity index (χ2v) is 6.93. The largest absolute Gasteiger partial charge is 0.454 e. The molecule has 0 fully saturated rings. The van der Waals surface area contributed by atoms with E-state index in [1.165, 1.54) is 0 Å². The molecule has 0 bridgehead atoms. The molecule has 25 heavy (non-hydrogen) atoms. The lowest BCUT2D eigenvalue weighted by Crippen LogP contribution is -2.29. The minimum Gasteiger partial charge on any atom is -0.454 e. The van der Waals surface area contributed by atoms with Crippen LogP contribution >= 0.6 is 22.9 Å². The van der Waals surface area contributed by atoms with Crippen LogP contribution in [-0.2, 0) is 0 Å². The molecule has 1 amide bonds. The van der Waals surface area contributed by atoms with Gasteiger partial charge in [-0.1, -0.05) is 35.9 Å². The van der Waals surface area contributed by atoms with Crippen LogP contribution in [0.3, 0.4) is 0 Å². The standard InChI is InChI=1S/C19H14ClNO3S/c20-13-8-6-12(7-9-13)17(16-5-2-10-25-16)21-19(22)14-3-1-4-15-18(14)24-11-23-15/h1-10,17H,11H2,(H,21,22). The van der Waals surface area contributed by atoms with E-state index in [-0.39, 0.29) is 18.7 Å². The molecule has 0 saturated heterocycles. The van der Waals surface area contributed by atoms with Crippen LogP contribution in [0.1, 0.15) is 26.8 Å². The molecule has 1 aliphatic rings. The molecule has 0 radical (unpaired) electrons. The van der Waals surface area contributed by atoms with Crippen molar-refractivity contribution in [1.29, 1.82) is 0 Å². The average Bonchev–Trinajstić information content (AvgIpc) is 3.31. The number of ether oxygens (including phenoxy) is 2. The van der Waals surface area contributed by atoms with E-state index in [0.29, 0.717) is 22.1 Å². The van der Waals surface area contributed by atoms with Crippen LogP contribution in [0.2, 0.25) is 5.02 Å². The third kappa shape index (κ3) is 3.21. The fourth-order valence-electron chi connectivity index (χ4n) is 2.75. The fraction of sp³-hybridized carbons (Fsp3) is 0.105. The first-order valence-corrected chi connectivity index (χ1v) is 8.96. The number of carbonyl (C=O) groups is 1. The van der Waals surface area contributed by atoms with Crippen LogP contribution in [0.5, 0.6) is 11.5 Å². The molecular weight excluding hydrogens is 358 g/mol. The molecule has 4 rings (SSSR count). The molecule has 0 spiro atoms. The smallest absolute Gasteiger partial charge is 0.255 e. The maximum absolute atomic E-state index is 12.9. The number of halogens is 1. The Hall–Kier alpha value is -2.50. The van der Waals surface area contributed by atoms with Crippen molar-refractivity contribution in [1.82, 2.24) is 5.32 Å². The topological polar surface area (TPSA) is 47.6 Å². The van der Waals surface area contributed by atoms with Crippen LogP contribution < -0.4 is 14.8 Å². The summed E-state index contributed by atoms with van der Waals surface area (Å²) < 4.78 is 10.8. The first-order valence-electron chi connectivity index (χ1n) is 7.71. The van der Waals surface area contributed by atoms with Crippen molar-refractivity contribution >= 4 is 28.8 Å². The van der Waals surface area contributed by atoms with Crippen molar-refractivity contribution in [2.24, 2.45) is 0 Å². The maximum atomic E-state index is 12.9. The molecular formula is C19H14ClNO3S. The predicted molar refractivity (Wildman–Crippen MR) is 97.6 cm³/mol. The van der Waals surface area contributed by atoms with Gasteiger partial charge in [-0.25, -0.2) is 0 Å². The van der Waals surface area contributed by atoms with Crippen molar-refractivity contribution in [2.75, 3.05) is 6.79 Å². The third-order valence-corrected chi connectivity index (χ3v) is 5.14. The molecule has 1 aromatic heterocycles. The maximum Gasteiger partial charge on any atom is 0.255 e. The Morgan fingerprint density at radius 1 is 1.08 bits per heavy atom. The number of rotatable bonds is 4. The Balaban J connectivity index is 1.66. The van der Waals surface area contributed by atoms with E-state index in [4.69, 9.17) is 21.1 Å². The summed E-state index contributed by atoms with van der Waals surface area (Å²) in [6, 6.07) is 16.5. The van der Waals surface area contributed by atoms with Gasteiger partial charge in [0, 0.05) is 9.90 Å². The van der Waals surface area contributed by atoms with Crippen LogP contribution in [0.15, 0.2) is 60.0 Å². The van der Waals surface area contributed by atoms with Gasteiger partial charge in [-0.15, -0.1) is 11.3 Å². The quantitative estimate of drug-likeness (QED) is 0.726. The summed E-state index contributed by atoms with van der Waals surface area (Å²) >= 11 is 7.58. The summed E-state index contributed by atoms with van der Waals surface area (Å²) in [6.07, 6.45) is 0. The lowest BCUT2D eigenvalue weighted by Gasteiger charge is -2.19. The minimum absolute atomic E-state index is 0.130. The van der Waals surface area contributed by atoms with Crippen LogP contribution in [0, 0.1) is 0 Å². The zero-order valence-electron chi connectivity index (χ0n) is 13.1. The SMILES string of the molecule is O=C(NC(c1ccc(Cl)cc1)c1cccs1)c1cccc2c1OCO2. The number of carbonyl (C=O) groups excluding carboxylic acids is 1. The molecule has 0 saturated carbocycles. The van der Waals surface area contributed by atoms with E-state index in [9.17, 15) is 4.79 Å². The van der Waals surface area contributed by atoms with Crippen molar-refractivity contribution in [3.63, 3.8) is 0 Å². The van der Waals surface area contributed by atoms with Crippen molar-refractivity contribution < 1.29 is 14.3 Å². The van der Waals surface area contributed by atoms with Gasteiger partial charge in [-0.3, -0.25) is 4.79 Å². The molecule has 6 heteroatoms. The van der Waals surface area contributed by atoms with Crippen molar-refractivity contribution in [2.45, 2.75) is 6.04 Å². The highest BCUT2D eigenvalue weighted by Crippen LogP contribution is 2.36. The lowest BCUT2D eigenvalue weighted by molar-refractivity contribution is 0.0939. The van der Waals surface area contributed by atoms with Crippen molar-refractivity contribution in [3.8, 4) is 11.5 Å². The molecule has 2 aromatic carbocycles. The highest BCUT2D eigenvalue weighted by atomic mass is 35.5. The molecule has 0 aliphatic carbocycles. The number of hydrogen-bond donors (Lipinski definition) is 1. The number of nitrogens with one attached hydrogen (secondary N) is 1. The van der Waals surface area contributed by atoms with E-state index < -0.39 is 0 Å². The minimum atomic E-state index is -0.261. The van der Waals surface area contributed by atoms with Gasteiger partial charge >= 0.3 is 0 Å². The normalized spacial score (nSPS) is 13.5. The van der Waals surface area contributed by atoms with Gasteiger partial charge in [0.2, 0.25) is 6.79 Å². The van der Waals surface area contributed by atoms with Gasteiger partial charge in [-0.05, 0) is 41.3 Å². The zero-order valence-corrected chi connectivity index (χ0v) is 14.6. The molecule has 1 atom stereocenters. The zero-order chi connectivity index (χ0) is 17.2. The van der Waals surface area contributed by atoms with Crippen LogP contribution in [0.4, 0.5) is 0 Å². The third-order valence-electron chi connectivity index (χ3n) is 3.95. The van der Waals surface area contributed by atoms with Gasteiger partial charge in [0.15, 0.2) is 11.5 Å². The van der Waals surface area contributed by atoms with Gasteiger partial charge in [0.25, 0.3) is 5.91 Å². The van der Waals surface area contributed by atoms with E-state index in [2.05, 4.69) is 5.32 Å². The number of thiophene rings is 1. The number of amides is 1. The summed E-state index contributed by atoms with van der Waals surface area (Å²) in [6.45, 7) is 0.130. The Morgan fingerprint density at radius 3 is 2.68 bits per heavy atom. The van der Waals surface area contributed by atoms with E-state index >= 15 is 0 Å². The number of hydrogen-bond acceptors (Lipinski definition) is 4. The molecule has 2 heterocycles. The molecule has 3 aromatic rings. The summed E-state index contributed by atoms with van der Waals surface area (Å²) in [5.41, 5.74) is 1.43. The molecule has 1 aliphatic heterocycles. The monoisotopic (exact) mass is 371 g/mol. The number of fused-ring (bicyclic) bond motifs is 1. The van der Waals surface area contributed by atoms with Gasteiger partial charge < -0.3 is 14.8 Å². The van der Waals surface area contributed by atoms with Crippen LogP contribution in [0.25, 0.3) is 0 Å². The first kappa shape index (κ1) is 16.0. The van der Waals surface area contributed by atoms with Crippen LogP contribution in [-0.4, -0.2) is 12.7 Å². The summed E-state index contributed by atoms with van der Waals surface area (Å²) in [7, 11) is 0. The number of para-hydroxylation sites is 1. The van der Waals surface area contributed by atoms with Gasteiger partial charge in [0.1, 0.15) is 0 Å². The van der Waals surface area contributed by atoms with E-state index in [1.54, 1.807) is 29.5 Å². The number of benzene rings is 2. The molecule has 1 N–H and O–H groups in total. The van der Waals surface area contributed by atoms with E-state index in [0.717, 1.165) is 10.4 Å². The molecule has 1 unspecified atom stereocenters. The first-order chi connectivity index (χ1) is 12.2. The Bertz CT molecular complexity index is 894. The summed E-state index contributed by atoms with van der Waals surface area (Å²) in [5.74, 6) is 0.864. The highest BCUT2D eigenvalue weighted by molar-refractivity contribution is 7.10. The average molecular weight is 372 g/mol. The second-order valence-electron chi connectivity index (χ2n) is 5.51. The highest BCUT2D eigenvalue weighted by Gasteiger charge is 2.25. The van der Waals surface area contributed by atoms with Gasteiger partial charge in [-0.2, -0.15) is 0 Å². The summed E-state index contributed by atoms with van der Waals surface area (Å²) in [5, 5.41) is 5.74. The fourth-order valence-corrected chi connectivity index (χ4v) is 3.68. The lowest BCUT2D eigenvalue weighted by atomic mass is 10.0. The molecule has 126 valence electrons. The second kappa shape index (κ2) is 6.78. The van der Waals surface area contributed by atoms with Gasteiger partial charge in [0.05, 0.1) is 11.6 Å². The van der Waals surface area contributed by atoms with Crippen molar-refractivity contribution in [3.05, 3.63) is 81.0 Å². The Kier molecular flexibility index (Phi) is 4.34. The Morgan fingerprint density at radius 2 is 1.92 bits per heavy atom. The predicted octanol–water partition coefficient (Wildman–Crippen LogP) is 4.65. The molecule has 4 nitrogen and oxygen atoms in total. The Labute approximate surface area is 154 Å². The summed E-state index contributed by atoms with van der Waals surface area (Å²) in [4.78, 5) is 13.9.